The van der Waals surface area contributed by atoms with E-state index in [1.165, 1.54) is 44.9 Å². The maximum atomic E-state index is 6.45. The standard InChI is InChI=1S/C16H30N2O2/c1-18(13-15-11-17-9-10-19-15)12-14-5-8-16(20-14)6-3-2-4-7-16/h14-15,17H,2-13H2,1H3. The third-order valence-corrected chi connectivity index (χ3v) is 5.14. The fourth-order valence-corrected chi connectivity index (χ4v) is 4.09. The van der Waals surface area contributed by atoms with E-state index in [-0.39, 0.29) is 5.60 Å². The molecule has 1 spiro atoms. The van der Waals surface area contributed by atoms with Crippen LogP contribution in [-0.4, -0.2) is 62.5 Å². The van der Waals surface area contributed by atoms with Gasteiger partial charge in [0.2, 0.25) is 0 Å². The van der Waals surface area contributed by atoms with Crippen LogP contribution in [0.15, 0.2) is 0 Å². The van der Waals surface area contributed by atoms with Crippen LogP contribution in [0.5, 0.6) is 0 Å². The maximum absolute atomic E-state index is 6.45. The van der Waals surface area contributed by atoms with Crippen LogP contribution >= 0.6 is 0 Å². The van der Waals surface area contributed by atoms with Gasteiger partial charge in [-0.25, -0.2) is 0 Å². The Morgan fingerprint density at radius 1 is 1.10 bits per heavy atom. The van der Waals surface area contributed by atoms with Crippen LogP contribution in [0.25, 0.3) is 0 Å². The number of nitrogens with zero attached hydrogens (tertiary/aromatic N) is 1. The monoisotopic (exact) mass is 282 g/mol. The topological polar surface area (TPSA) is 33.7 Å². The molecule has 0 amide bonds. The molecule has 3 rings (SSSR count). The summed E-state index contributed by atoms with van der Waals surface area (Å²) in [5.74, 6) is 0. The minimum Gasteiger partial charge on any atom is -0.374 e. The zero-order valence-electron chi connectivity index (χ0n) is 12.9. The summed E-state index contributed by atoms with van der Waals surface area (Å²) in [4.78, 5) is 2.39. The van der Waals surface area contributed by atoms with E-state index in [1.807, 2.05) is 0 Å². The summed E-state index contributed by atoms with van der Waals surface area (Å²) < 4.78 is 12.2. The van der Waals surface area contributed by atoms with Gasteiger partial charge >= 0.3 is 0 Å². The molecule has 3 fully saturated rings. The smallest absolute Gasteiger partial charge is 0.0826 e. The summed E-state index contributed by atoms with van der Waals surface area (Å²) in [6.07, 6.45) is 10.0. The minimum atomic E-state index is 0.257. The Bertz CT molecular complexity index is 299. The molecule has 2 atom stereocenters. The van der Waals surface area contributed by atoms with Gasteiger partial charge in [-0.05, 0) is 32.7 Å². The van der Waals surface area contributed by atoms with Gasteiger partial charge in [-0.3, -0.25) is 0 Å². The average molecular weight is 282 g/mol. The highest BCUT2D eigenvalue weighted by atomic mass is 16.5. The number of likely N-dealkylation sites (N-methyl/N-ethyl adjacent to an activating group) is 1. The molecule has 1 N–H and O–H groups in total. The highest BCUT2D eigenvalue weighted by Crippen LogP contribution is 2.41. The van der Waals surface area contributed by atoms with Crippen molar-refractivity contribution in [3.8, 4) is 0 Å². The van der Waals surface area contributed by atoms with E-state index in [1.54, 1.807) is 0 Å². The van der Waals surface area contributed by atoms with E-state index in [9.17, 15) is 0 Å². The number of ether oxygens (including phenoxy) is 2. The molecule has 0 aromatic rings. The lowest BCUT2D eigenvalue weighted by Gasteiger charge is -2.34. The predicted octanol–water partition coefficient (Wildman–Crippen LogP) is 1.79. The van der Waals surface area contributed by atoms with E-state index < -0.39 is 0 Å². The summed E-state index contributed by atoms with van der Waals surface area (Å²) in [6, 6.07) is 0. The van der Waals surface area contributed by atoms with Gasteiger partial charge in [0.05, 0.1) is 24.4 Å². The molecule has 2 aliphatic heterocycles. The molecule has 1 aliphatic carbocycles. The van der Waals surface area contributed by atoms with Crippen LogP contribution in [-0.2, 0) is 9.47 Å². The molecule has 0 bridgehead atoms. The number of hydrogen-bond donors (Lipinski definition) is 1. The molecule has 2 heterocycles. The quantitative estimate of drug-likeness (QED) is 0.852. The molecule has 0 aromatic heterocycles. The minimum absolute atomic E-state index is 0.257. The number of rotatable bonds is 4. The highest BCUT2D eigenvalue weighted by molar-refractivity contribution is 4.92. The first-order valence-electron chi connectivity index (χ1n) is 8.44. The van der Waals surface area contributed by atoms with Crippen molar-refractivity contribution in [2.45, 2.75) is 62.8 Å². The largest absolute Gasteiger partial charge is 0.374 e. The second-order valence-corrected chi connectivity index (χ2v) is 6.94. The van der Waals surface area contributed by atoms with Gasteiger partial charge in [0.1, 0.15) is 0 Å². The van der Waals surface area contributed by atoms with E-state index in [2.05, 4.69) is 17.3 Å². The molecule has 20 heavy (non-hydrogen) atoms. The van der Waals surface area contributed by atoms with E-state index >= 15 is 0 Å². The van der Waals surface area contributed by atoms with Crippen molar-refractivity contribution >= 4 is 0 Å². The summed E-state index contributed by atoms with van der Waals surface area (Å²) >= 11 is 0. The Labute approximate surface area is 123 Å². The molecule has 0 radical (unpaired) electrons. The van der Waals surface area contributed by atoms with Crippen LogP contribution in [0, 0.1) is 0 Å². The number of morpholine rings is 1. The van der Waals surface area contributed by atoms with Gasteiger partial charge in [0, 0.05) is 26.2 Å². The third-order valence-electron chi connectivity index (χ3n) is 5.14. The number of hydrogen-bond acceptors (Lipinski definition) is 4. The lowest BCUT2D eigenvalue weighted by atomic mass is 9.83. The highest BCUT2D eigenvalue weighted by Gasteiger charge is 2.40. The van der Waals surface area contributed by atoms with Crippen molar-refractivity contribution in [1.29, 1.82) is 0 Å². The Kier molecular flexibility index (Phi) is 4.97. The van der Waals surface area contributed by atoms with Crippen molar-refractivity contribution in [3.05, 3.63) is 0 Å². The summed E-state index contributed by atoms with van der Waals surface area (Å²) in [5.41, 5.74) is 0.257. The molecule has 2 unspecified atom stereocenters. The van der Waals surface area contributed by atoms with Crippen LogP contribution in [0.4, 0.5) is 0 Å². The summed E-state index contributed by atoms with van der Waals surface area (Å²) in [6.45, 7) is 4.90. The van der Waals surface area contributed by atoms with Crippen molar-refractivity contribution < 1.29 is 9.47 Å². The lowest BCUT2D eigenvalue weighted by molar-refractivity contribution is -0.0740. The van der Waals surface area contributed by atoms with Crippen LogP contribution in [0.3, 0.4) is 0 Å². The molecule has 116 valence electrons. The van der Waals surface area contributed by atoms with E-state index in [0.717, 1.165) is 32.8 Å². The SMILES string of the molecule is CN(CC1CNCCO1)CC1CCC2(CCCCC2)O1. The molecule has 4 heteroatoms. The van der Waals surface area contributed by atoms with Crippen molar-refractivity contribution in [1.82, 2.24) is 10.2 Å². The van der Waals surface area contributed by atoms with Gasteiger partial charge in [-0.2, -0.15) is 0 Å². The zero-order chi connectivity index (χ0) is 13.8. The van der Waals surface area contributed by atoms with Crippen LogP contribution in [0.1, 0.15) is 44.9 Å². The van der Waals surface area contributed by atoms with Gasteiger partial charge < -0.3 is 19.7 Å². The second kappa shape index (κ2) is 6.73. The van der Waals surface area contributed by atoms with Crippen molar-refractivity contribution in [3.63, 3.8) is 0 Å². The second-order valence-electron chi connectivity index (χ2n) is 6.94. The molecular weight excluding hydrogens is 252 g/mol. The maximum Gasteiger partial charge on any atom is 0.0826 e. The Hall–Kier alpha value is -0.160. The Morgan fingerprint density at radius 2 is 1.90 bits per heavy atom. The first-order valence-corrected chi connectivity index (χ1v) is 8.44. The molecule has 3 aliphatic rings. The normalized spacial score (nSPS) is 33.9. The van der Waals surface area contributed by atoms with Gasteiger partial charge in [0.15, 0.2) is 0 Å². The van der Waals surface area contributed by atoms with Crippen molar-refractivity contribution in [2.75, 3.05) is 39.8 Å². The zero-order valence-corrected chi connectivity index (χ0v) is 12.9. The van der Waals surface area contributed by atoms with Gasteiger partial charge in [-0.1, -0.05) is 19.3 Å². The fraction of sp³-hybridized carbons (Fsp3) is 1.00. The predicted molar refractivity (Wildman–Crippen MR) is 80.0 cm³/mol. The molecule has 1 saturated carbocycles. The van der Waals surface area contributed by atoms with E-state index in [0.29, 0.717) is 12.2 Å². The molecule has 2 saturated heterocycles. The molecule has 0 aromatic carbocycles. The van der Waals surface area contributed by atoms with Crippen LogP contribution in [0.2, 0.25) is 0 Å². The number of nitrogens with one attached hydrogen (secondary N) is 1. The van der Waals surface area contributed by atoms with Gasteiger partial charge in [-0.15, -0.1) is 0 Å². The first-order chi connectivity index (χ1) is 9.76. The third kappa shape index (κ3) is 3.73. The lowest BCUT2D eigenvalue weighted by Crippen LogP contribution is -2.46. The Morgan fingerprint density at radius 3 is 2.65 bits per heavy atom. The van der Waals surface area contributed by atoms with Gasteiger partial charge in [0.25, 0.3) is 0 Å². The molecule has 4 nitrogen and oxygen atoms in total. The van der Waals surface area contributed by atoms with E-state index in [4.69, 9.17) is 9.47 Å². The fourth-order valence-electron chi connectivity index (χ4n) is 4.09. The molecular formula is C16H30N2O2. The average Bonchev–Trinajstić information content (AvgIpc) is 2.83. The van der Waals surface area contributed by atoms with Crippen molar-refractivity contribution in [2.24, 2.45) is 0 Å². The summed E-state index contributed by atoms with van der Waals surface area (Å²) in [5, 5.41) is 3.40. The first kappa shape index (κ1) is 14.8. The Balaban J connectivity index is 1.41. The summed E-state index contributed by atoms with van der Waals surface area (Å²) in [7, 11) is 2.20. The van der Waals surface area contributed by atoms with Crippen LogP contribution < -0.4 is 5.32 Å².